The van der Waals surface area contributed by atoms with Gasteiger partial charge in [0.2, 0.25) is 0 Å². The van der Waals surface area contributed by atoms with Crippen LogP contribution in [0.4, 0.5) is 0 Å². The molecule has 0 spiro atoms. The first-order valence-electron chi connectivity index (χ1n) is 8.76. The summed E-state index contributed by atoms with van der Waals surface area (Å²) in [7, 11) is 0. The van der Waals surface area contributed by atoms with Gasteiger partial charge in [0.05, 0.1) is 11.6 Å². The number of ether oxygens (including phenoxy) is 1. The zero-order valence-electron chi connectivity index (χ0n) is 14.7. The van der Waals surface area contributed by atoms with E-state index in [9.17, 15) is 9.59 Å². The van der Waals surface area contributed by atoms with Crippen molar-refractivity contribution in [3.63, 3.8) is 0 Å². The van der Waals surface area contributed by atoms with Gasteiger partial charge in [-0.3, -0.25) is 4.79 Å². The molecule has 2 aromatic carbocycles. The number of esters is 1. The third kappa shape index (κ3) is 4.11. The van der Waals surface area contributed by atoms with E-state index < -0.39 is 5.97 Å². The number of aromatic nitrogens is 1. The van der Waals surface area contributed by atoms with Crippen LogP contribution in [0, 0.1) is 0 Å². The molecule has 0 aliphatic carbocycles. The van der Waals surface area contributed by atoms with Gasteiger partial charge in [0, 0.05) is 17.1 Å². The van der Waals surface area contributed by atoms with Crippen LogP contribution in [0.25, 0.3) is 10.9 Å². The molecule has 1 heterocycles. The van der Waals surface area contributed by atoms with E-state index in [2.05, 4.69) is 17.2 Å². The van der Waals surface area contributed by atoms with Gasteiger partial charge in [-0.15, -0.1) is 0 Å². The molecule has 1 atom stereocenters. The predicted molar refractivity (Wildman–Crippen MR) is 101 cm³/mol. The van der Waals surface area contributed by atoms with Crippen molar-refractivity contribution in [1.82, 2.24) is 10.3 Å². The standard InChI is InChI=1S/C21H22N2O3/c1-2-8-18(15-9-4-3-5-10-15)23-20(24)14-26-21(25)17-13-22-19-12-7-6-11-16(17)19/h3-7,9-13,18,22H,2,8,14H2,1H3,(H,23,24)/t18-/m1/s1. The summed E-state index contributed by atoms with van der Waals surface area (Å²) in [6, 6.07) is 17.2. The molecule has 2 N–H and O–H groups in total. The molecular formula is C21H22N2O3. The maximum absolute atomic E-state index is 12.3. The number of amides is 1. The number of H-pyrrole nitrogens is 1. The summed E-state index contributed by atoms with van der Waals surface area (Å²) >= 11 is 0. The minimum absolute atomic E-state index is 0.0829. The fraction of sp³-hybridized carbons (Fsp3) is 0.238. The highest BCUT2D eigenvalue weighted by Gasteiger charge is 2.17. The first-order chi connectivity index (χ1) is 12.7. The highest BCUT2D eigenvalue weighted by atomic mass is 16.5. The smallest absolute Gasteiger partial charge is 0.340 e. The number of hydrogen-bond donors (Lipinski definition) is 2. The molecule has 134 valence electrons. The fourth-order valence-electron chi connectivity index (χ4n) is 2.98. The topological polar surface area (TPSA) is 71.2 Å². The molecule has 3 aromatic rings. The second-order valence-corrected chi connectivity index (χ2v) is 6.14. The molecule has 26 heavy (non-hydrogen) atoms. The molecule has 5 heteroatoms. The Hall–Kier alpha value is -3.08. The Morgan fingerprint density at radius 1 is 1.08 bits per heavy atom. The van der Waals surface area contributed by atoms with E-state index in [4.69, 9.17) is 4.74 Å². The quantitative estimate of drug-likeness (QED) is 0.633. The predicted octanol–water partition coefficient (Wildman–Crippen LogP) is 3.98. The average molecular weight is 350 g/mol. The van der Waals surface area contributed by atoms with Crippen LogP contribution in [0.2, 0.25) is 0 Å². The van der Waals surface area contributed by atoms with Gasteiger partial charge in [-0.05, 0) is 18.1 Å². The molecule has 0 radical (unpaired) electrons. The highest BCUT2D eigenvalue weighted by Crippen LogP contribution is 2.19. The van der Waals surface area contributed by atoms with Crippen molar-refractivity contribution < 1.29 is 14.3 Å². The molecular weight excluding hydrogens is 328 g/mol. The number of carbonyl (C=O) groups is 2. The molecule has 3 rings (SSSR count). The van der Waals surface area contributed by atoms with E-state index in [-0.39, 0.29) is 18.6 Å². The van der Waals surface area contributed by atoms with Gasteiger partial charge in [-0.25, -0.2) is 4.79 Å². The summed E-state index contributed by atoms with van der Waals surface area (Å²) in [4.78, 5) is 27.6. The lowest BCUT2D eigenvalue weighted by atomic mass is 10.0. The molecule has 0 unspecified atom stereocenters. The monoisotopic (exact) mass is 350 g/mol. The number of rotatable bonds is 7. The Kier molecular flexibility index (Phi) is 5.69. The van der Waals surface area contributed by atoms with Gasteiger partial charge in [-0.1, -0.05) is 61.9 Å². The highest BCUT2D eigenvalue weighted by molar-refractivity contribution is 6.04. The zero-order valence-corrected chi connectivity index (χ0v) is 14.7. The molecule has 0 bridgehead atoms. The van der Waals surface area contributed by atoms with Crippen LogP contribution in [-0.4, -0.2) is 23.5 Å². The van der Waals surface area contributed by atoms with Crippen molar-refractivity contribution >= 4 is 22.8 Å². The normalized spacial score (nSPS) is 11.9. The minimum Gasteiger partial charge on any atom is -0.452 e. The van der Waals surface area contributed by atoms with E-state index in [1.54, 1.807) is 6.20 Å². The van der Waals surface area contributed by atoms with Gasteiger partial charge in [0.1, 0.15) is 0 Å². The summed E-state index contributed by atoms with van der Waals surface area (Å²) in [6.07, 6.45) is 3.37. The zero-order chi connectivity index (χ0) is 18.4. The lowest BCUT2D eigenvalue weighted by Gasteiger charge is -2.18. The third-order valence-electron chi connectivity index (χ3n) is 4.26. The van der Waals surface area contributed by atoms with Crippen molar-refractivity contribution in [2.75, 3.05) is 6.61 Å². The average Bonchev–Trinajstić information content (AvgIpc) is 3.11. The van der Waals surface area contributed by atoms with Crippen molar-refractivity contribution in [3.05, 3.63) is 71.9 Å². The summed E-state index contributed by atoms with van der Waals surface area (Å²) in [5.41, 5.74) is 2.34. The molecule has 1 amide bonds. The second kappa shape index (κ2) is 8.34. The largest absolute Gasteiger partial charge is 0.452 e. The summed E-state index contributed by atoms with van der Waals surface area (Å²) < 4.78 is 5.20. The SMILES string of the molecule is CCC[C@@H](NC(=O)COC(=O)c1c[nH]c2ccccc12)c1ccccc1. The van der Waals surface area contributed by atoms with Gasteiger partial charge < -0.3 is 15.0 Å². The van der Waals surface area contributed by atoms with Crippen molar-refractivity contribution in [2.45, 2.75) is 25.8 Å². The Bertz CT molecular complexity index is 886. The van der Waals surface area contributed by atoms with Crippen LogP contribution in [0.3, 0.4) is 0 Å². The van der Waals surface area contributed by atoms with Crippen LogP contribution >= 0.6 is 0 Å². The van der Waals surface area contributed by atoms with Gasteiger partial charge >= 0.3 is 5.97 Å². The van der Waals surface area contributed by atoms with E-state index >= 15 is 0 Å². The van der Waals surface area contributed by atoms with Gasteiger partial charge in [0.15, 0.2) is 6.61 Å². The number of fused-ring (bicyclic) bond motifs is 1. The van der Waals surface area contributed by atoms with Crippen LogP contribution in [-0.2, 0) is 9.53 Å². The molecule has 0 saturated heterocycles. The van der Waals surface area contributed by atoms with Crippen LogP contribution in [0.5, 0.6) is 0 Å². The van der Waals surface area contributed by atoms with E-state index in [0.717, 1.165) is 29.3 Å². The first kappa shape index (κ1) is 17.7. The van der Waals surface area contributed by atoms with E-state index in [1.165, 1.54) is 0 Å². The molecule has 5 nitrogen and oxygen atoms in total. The Balaban J connectivity index is 1.60. The molecule has 0 aliphatic heterocycles. The third-order valence-corrected chi connectivity index (χ3v) is 4.26. The van der Waals surface area contributed by atoms with Crippen LogP contribution in [0.15, 0.2) is 60.8 Å². The minimum atomic E-state index is -0.510. The summed E-state index contributed by atoms with van der Waals surface area (Å²) in [5.74, 6) is -0.815. The number of aromatic amines is 1. The number of nitrogens with one attached hydrogen (secondary N) is 2. The van der Waals surface area contributed by atoms with Crippen molar-refractivity contribution in [3.8, 4) is 0 Å². The maximum atomic E-state index is 12.3. The number of benzene rings is 2. The summed E-state index contributed by atoms with van der Waals surface area (Å²) in [5, 5.41) is 3.73. The fourth-order valence-corrected chi connectivity index (χ4v) is 2.98. The van der Waals surface area contributed by atoms with Gasteiger partial charge in [-0.2, -0.15) is 0 Å². The number of para-hydroxylation sites is 1. The second-order valence-electron chi connectivity index (χ2n) is 6.14. The Labute approximate surface area is 152 Å². The number of carbonyl (C=O) groups excluding carboxylic acids is 2. The Morgan fingerprint density at radius 2 is 1.81 bits per heavy atom. The Morgan fingerprint density at radius 3 is 2.58 bits per heavy atom. The molecule has 0 saturated carbocycles. The van der Waals surface area contributed by atoms with Crippen molar-refractivity contribution in [1.29, 1.82) is 0 Å². The van der Waals surface area contributed by atoms with E-state index in [1.807, 2.05) is 54.6 Å². The van der Waals surface area contributed by atoms with Crippen molar-refractivity contribution in [2.24, 2.45) is 0 Å². The van der Waals surface area contributed by atoms with E-state index in [0.29, 0.717) is 5.56 Å². The first-order valence-corrected chi connectivity index (χ1v) is 8.76. The molecule has 0 aliphatic rings. The van der Waals surface area contributed by atoms with Crippen LogP contribution < -0.4 is 5.32 Å². The maximum Gasteiger partial charge on any atom is 0.340 e. The van der Waals surface area contributed by atoms with Crippen LogP contribution in [0.1, 0.15) is 41.7 Å². The lowest BCUT2D eigenvalue weighted by Crippen LogP contribution is -2.32. The number of hydrogen-bond acceptors (Lipinski definition) is 3. The lowest BCUT2D eigenvalue weighted by molar-refractivity contribution is -0.125. The molecule has 0 fully saturated rings. The van der Waals surface area contributed by atoms with Gasteiger partial charge in [0.25, 0.3) is 5.91 Å². The molecule has 1 aromatic heterocycles. The summed E-state index contributed by atoms with van der Waals surface area (Å²) in [6.45, 7) is 1.77.